The number of nitrogens with zero attached hydrogens (tertiary/aromatic N) is 1. The molecule has 0 fully saturated rings. The molecule has 0 N–H and O–H groups in total. The quantitative estimate of drug-likeness (QED) is 0.359. The van der Waals surface area contributed by atoms with Crippen LogP contribution in [0.2, 0.25) is 0 Å². The van der Waals surface area contributed by atoms with E-state index in [1.165, 1.54) is 12.1 Å². The van der Waals surface area contributed by atoms with E-state index in [9.17, 15) is 14.9 Å². The number of nitro groups is 1. The van der Waals surface area contributed by atoms with Crippen molar-refractivity contribution >= 4 is 34.1 Å². The van der Waals surface area contributed by atoms with E-state index in [0.29, 0.717) is 5.56 Å². The summed E-state index contributed by atoms with van der Waals surface area (Å²) in [5.74, 6) is 0.00486. The number of benzene rings is 2. The van der Waals surface area contributed by atoms with E-state index < -0.39 is 4.92 Å². The average Bonchev–Trinajstić information content (AvgIpc) is 2.40. The molecule has 0 aliphatic rings. The third-order valence-electron chi connectivity index (χ3n) is 2.68. The zero-order valence-corrected chi connectivity index (χ0v) is 12.0. The SMILES string of the molecule is O=C(Cc1ccc([N+](=O)[O-])cc1)c1ccc(I)cc1. The Labute approximate surface area is 123 Å². The number of carbonyl (C=O) groups excluding carboxylic acids is 1. The average molecular weight is 367 g/mol. The van der Waals surface area contributed by atoms with Crippen LogP contribution in [0.4, 0.5) is 5.69 Å². The molecular weight excluding hydrogens is 357 g/mol. The van der Waals surface area contributed by atoms with Gasteiger partial charge in [0.1, 0.15) is 0 Å². The lowest BCUT2D eigenvalue weighted by atomic mass is 10.0. The van der Waals surface area contributed by atoms with Crippen LogP contribution in [0.5, 0.6) is 0 Å². The second-order valence-electron chi connectivity index (χ2n) is 4.03. The zero-order valence-electron chi connectivity index (χ0n) is 9.88. The first-order chi connectivity index (χ1) is 9.06. The highest BCUT2D eigenvalue weighted by atomic mass is 127. The van der Waals surface area contributed by atoms with E-state index in [-0.39, 0.29) is 17.9 Å². The topological polar surface area (TPSA) is 60.2 Å². The molecule has 0 bridgehead atoms. The maximum atomic E-state index is 12.0. The molecule has 0 atom stereocenters. The van der Waals surface area contributed by atoms with Crippen molar-refractivity contribution in [1.29, 1.82) is 0 Å². The molecular formula is C14H10INO3. The first-order valence-corrected chi connectivity index (χ1v) is 6.66. The highest BCUT2D eigenvalue weighted by molar-refractivity contribution is 14.1. The normalized spacial score (nSPS) is 10.2. The Morgan fingerprint density at radius 1 is 1.05 bits per heavy atom. The Kier molecular flexibility index (Phi) is 4.26. The Bertz CT molecular complexity index is 606. The van der Waals surface area contributed by atoms with Crippen LogP contribution in [-0.2, 0) is 6.42 Å². The van der Waals surface area contributed by atoms with Crippen LogP contribution >= 0.6 is 22.6 Å². The minimum atomic E-state index is -0.454. The van der Waals surface area contributed by atoms with Crippen molar-refractivity contribution in [3.8, 4) is 0 Å². The Balaban J connectivity index is 2.10. The van der Waals surface area contributed by atoms with Gasteiger partial charge in [-0.15, -0.1) is 0 Å². The van der Waals surface area contributed by atoms with Gasteiger partial charge in [-0.3, -0.25) is 14.9 Å². The van der Waals surface area contributed by atoms with E-state index in [4.69, 9.17) is 0 Å². The highest BCUT2D eigenvalue weighted by Gasteiger charge is 2.09. The third kappa shape index (κ3) is 3.60. The molecule has 19 heavy (non-hydrogen) atoms. The molecule has 0 amide bonds. The predicted molar refractivity (Wildman–Crippen MR) is 80.3 cm³/mol. The van der Waals surface area contributed by atoms with Crippen molar-refractivity contribution < 1.29 is 9.72 Å². The zero-order chi connectivity index (χ0) is 13.8. The number of Topliss-reactive ketones (excluding diaryl/α,β-unsaturated/α-hetero) is 1. The van der Waals surface area contributed by atoms with Crippen LogP contribution in [0, 0.1) is 13.7 Å². The van der Waals surface area contributed by atoms with Crippen molar-refractivity contribution in [3.63, 3.8) is 0 Å². The maximum absolute atomic E-state index is 12.0. The molecule has 5 heteroatoms. The molecule has 96 valence electrons. The molecule has 2 aromatic rings. The van der Waals surface area contributed by atoms with E-state index in [2.05, 4.69) is 22.6 Å². The number of carbonyl (C=O) groups is 1. The molecule has 0 saturated carbocycles. The van der Waals surface area contributed by atoms with Crippen molar-refractivity contribution in [2.45, 2.75) is 6.42 Å². The number of non-ortho nitro benzene ring substituents is 1. The highest BCUT2D eigenvalue weighted by Crippen LogP contribution is 2.14. The van der Waals surface area contributed by atoms with Gasteiger partial charge in [-0.05, 0) is 40.3 Å². The fourth-order valence-electron chi connectivity index (χ4n) is 1.66. The summed E-state index contributed by atoms with van der Waals surface area (Å²) in [6.07, 6.45) is 0.249. The summed E-state index contributed by atoms with van der Waals surface area (Å²) in [6.45, 7) is 0. The number of ketones is 1. The van der Waals surface area contributed by atoms with Gasteiger partial charge >= 0.3 is 0 Å². The minimum absolute atomic E-state index is 0.00486. The monoisotopic (exact) mass is 367 g/mol. The molecule has 4 nitrogen and oxygen atoms in total. The van der Waals surface area contributed by atoms with Gasteiger partial charge < -0.3 is 0 Å². The summed E-state index contributed by atoms with van der Waals surface area (Å²) in [5, 5.41) is 10.5. The van der Waals surface area contributed by atoms with Crippen LogP contribution in [0.3, 0.4) is 0 Å². The van der Waals surface area contributed by atoms with Crippen LogP contribution in [-0.4, -0.2) is 10.7 Å². The number of halogens is 1. The van der Waals surface area contributed by atoms with Gasteiger partial charge in [0.15, 0.2) is 5.78 Å². The number of hydrogen-bond acceptors (Lipinski definition) is 3. The van der Waals surface area contributed by atoms with Gasteiger partial charge in [0.25, 0.3) is 5.69 Å². The fraction of sp³-hybridized carbons (Fsp3) is 0.0714. The molecule has 2 rings (SSSR count). The molecule has 0 aromatic heterocycles. The van der Waals surface area contributed by atoms with Gasteiger partial charge in [0, 0.05) is 27.7 Å². The molecule has 0 aliphatic carbocycles. The van der Waals surface area contributed by atoms with Crippen molar-refractivity contribution in [3.05, 3.63) is 73.3 Å². The molecule has 0 aliphatic heterocycles. The van der Waals surface area contributed by atoms with Crippen LogP contribution < -0.4 is 0 Å². The number of rotatable bonds is 4. The van der Waals surface area contributed by atoms with Gasteiger partial charge in [-0.25, -0.2) is 0 Å². The molecule has 2 aromatic carbocycles. The first-order valence-electron chi connectivity index (χ1n) is 5.58. The third-order valence-corrected chi connectivity index (χ3v) is 3.40. The molecule has 0 unspecified atom stereocenters. The van der Waals surface area contributed by atoms with Gasteiger partial charge in [-0.2, -0.15) is 0 Å². The lowest BCUT2D eigenvalue weighted by molar-refractivity contribution is -0.384. The van der Waals surface area contributed by atoms with Crippen molar-refractivity contribution in [2.75, 3.05) is 0 Å². The van der Waals surface area contributed by atoms with Crippen LogP contribution in [0.25, 0.3) is 0 Å². The molecule has 0 heterocycles. The van der Waals surface area contributed by atoms with Crippen molar-refractivity contribution in [2.24, 2.45) is 0 Å². The smallest absolute Gasteiger partial charge is 0.269 e. The summed E-state index contributed by atoms with van der Waals surface area (Å²) in [6, 6.07) is 13.4. The lowest BCUT2D eigenvalue weighted by Gasteiger charge is -2.02. The first kappa shape index (κ1) is 13.7. The number of hydrogen-bond donors (Lipinski definition) is 0. The minimum Gasteiger partial charge on any atom is -0.294 e. The maximum Gasteiger partial charge on any atom is 0.269 e. The lowest BCUT2D eigenvalue weighted by Crippen LogP contribution is -2.03. The summed E-state index contributed by atoms with van der Waals surface area (Å²) < 4.78 is 1.07. The standard InChI is InChI=1S/C14H10INO3/c15-12-5-3-11(4-6-12)14(17)9-10-1-7-13(8-2-10)16(18)19/h1-8H,9H2. The Morgan fingerprint density at radius 2 is 1.63 bits per heavy atom. The number of nitro benzene ring substituents is 1. The van der Waals surface area contributed by atoms with Gasteiger partial charge in [-0.1, -0.05) is 24.3 Å². The second-order valence-corrected chi connectivity index (χ2v) is 5.28. The van der Waals surface area contributed by atoms with E-state index >= 15 is 0 Å². The molecule has 0 radical (unpaired) electrons. The summed E-state index contributed by atoms with van der Waals surface area (Å²) in [5.41, 5.74) is 1.46. The summed E-state index contributed by atoms with van der Waals surface area (Å²) in [7, 11) is 0. The van der Waals surface area contributed by atoms with E-state index in [1.54, 1.807) is 24.3 Å². The summed E-state index contributed by atoms with van der Waals surface area (Å²) >= 11 is 2.18. The molecule has 0 spiro atoms. The Hall–Kier alpha value is -1.76. The van der Waals surface area contributed by atoms with Gasteiger partial charge in [0.05, 0.1) is 4.92 Å². The fourth-order valence-corrected chi connectivity index (χ4v) is 2.02. The van der Waals surface area contributed by atoms with E-state index in [1.807, 2.05) is 12.1 Å². The second kappa shape index (κ2) is 5.92. The van der Waals surface area contributed by atoms with Crippen LogP contribution in [0.15, 0.2) is 48.5 Å². The summed E-state index contributed by atoms with van der Waals surface area (Å²) in [4.78, 5) is 22.1. The van der Waals surface area contributed by atoms with E-state index in [0.717, 1.165) is 9.13 Å². The molecule has 0 saturated heterocycles. The Morgan fingerprint density at radius 3 is 2.16 bits per heavy atom. The predicted octanol–water partition coefficient (Wildman–Crippen LogP) is 3.62. The van der Waals surface area contributed by atoms with Gasteiger partial charge in [0.2, 0.25) is 0 Å². The van der Waals surface area contributed by atoms with Crippen molar-refractivity contribution in [1.82, 2.24) is 0 Å². The largest absolute Gasteiger partial charge is 0.294 e. The van der Waals surface area contributed by atoms with Crippen LogP contribution in [0.1, 0.15) is 15.9 Å².